The van der Waals surface area contributed by atoms with E-state index in [0.29, 0.717) is 0 Å². The predicted molar refractivity (Wildman–Crippen MR) is 90.1 cm³/mol. The van der Waals surface area contributed by atoms with Crippen LogP contribution < -0.4 is 10.6 Å². The fourth-order valence-electron chi connectivity index (χ4n) is 2.93. The number of urea groups is 1. The maximum Gasteiger partial charge on any atom is 0.319 e. The number of nitrogens with one attached hydrogen (secondary N) is 2. The molecule has 2 amide bonds. The Labute approximate surface area is 131 Å². The quantitative estimate of drug-likeness (QED) is 0.864. The zero-order valence-electron chi connectivity index (χ0n) is 13.1. The molecular weight excluding hydrogens is 272 g/mol. The van der Waals surface area contributed by atoms with Gasteiger partial charge in [-0.25, -0.2) is 4.79 Å². The molecule has 0 saturated heterocycles. The zero-order chi connectivity index (χ0) is 15.6. The van der Waals surface area contributed by atoms with Crippen LogP contribution in [-0.2, 0) is 12.0 Å². The summed E-state index contributed by atoms with van der Waals surface area (Å²) in [7, 11) is 0. The van der Waals surface area contributed by atoms with Gasteiger partial charge >= 0.3 is 6.03 Å². The molecule has 1 fully saturated rings. The number of hydrogen-bond acceptors (Lipinski definition) is 1. The molecule has 0 spiro atoms. The van der Waals surface area contributed by atoms with Crippen molar-refractivity contribution in [2.45, 2.75) is 38.6 Å². The molecular formula is C19H22N2O. The number of carbonyl (C=O) groups is 1. The predicted octanol–water partition coefficient (Wildman–Crippen LogP) is 4.37. The summed E-state index contributed by atoms with van der Waals surface area (Å²) in [5.41, 5.74) is 4.20. The van der Waals surface area contributed by atoms with Gasteiger partial charge in [0.2, 0.25) is 0 Å². The second kappa shape index (κ2) is 5.84. The van der Waals surface area contributed by atoms with Gasteiger partial charge in [0.15, 0.2) is 0 Å². The van der Waals surface area contributed by atoms with Crippen LogP contribution in [0, 0.1) is 6.92 Å². The van der Waals surface area contributed by atoms with E-state index in [4.69, 9.17) is 0 Å². The molecule has 114 valence electrons. The lowest BCUT2D eigenvalue weighted by molar-refractivity contribution is 0.247. The van der Waals surface area contributed by atoms with Crippen molar-refractivity contribution in [1.82, 2.24) is 5.32 Å². The molecule has 1 aliphatic carbocycles. The Kier molecular flexibility index (Phi) is 3.88. The number of benzene rings is 2. The summed E-state index contributed by atoms with van der Waals surface area (Å²) in [6.07, 6.45) is 2.90. The van der Waals surface area contributed by atoms with E-state index < -0.39 is 0 Å². The molecule has 22 heavy (non-hydrogen) atoms. The molecule has 0 bridgehead atoms. The van der Waals surface area contributed by atoms with Gasteiger partial charge in [-0.3, -0.25) is 0 Å². The van der Waals surface area contributed by atoms with Crippen molar-refractivity contribution in [2.24, 2.45) is 0 Å². The molecule has 1 aliphatic rings. The Balaban J connectivity index is 1.74. The van der Waals surface area contributed by atoms with Gasteiger partial charge in [0.25, 0.3) is 0 Å². The topological polar surface area (TPSA) is 41.1 Å². The highest BCUT2D eigenvalue weighted by atomic mass is 16.2. The van der Waals surface area contributed by atoms with Gasteiger partial charge in [-0.1, -0.05) is 55.5 Å². The molecule has 2 N–H and O–H groups in total. The van der Waals surface area contributed by atoms with E-state index in [-0.39, 0.29) is 11.6 Å². The zero-order valence-corrected chi connectivity index (χ0v) is 13.1. The van der Waals surface area contributed by atoms with E-state index in [0.717, 1.165) is 30.5 Å². The fraction of sp³-hybridized carbons (Fsp3) is 0.316. The highest BCUT2D eigenvalue weighted by Gasteiger charge is 2.45. The summed E-state index contributed by atoms with van der Waals surface area (Å²) >= 11 is 0. The number of carbonyl (C=O) groups excluding carboxylic acids is 1. The van der Waals surface area contributed by atoms with Crippen LogP contribution in [0.5, 0.6) is 0 Å². The Morgan fingerprint density at radius 1 is 1.09 bits per heavy atom. The van der Waals surface area contributed by atoms with Crippen molar-refractivity contribution in [3.05, 3.63) is 65.2 Å². The average molecular weight is 294 g/mol. The van der Waals surface area contributed by atoms with Gasteiger partial charge < -0.3 is 10.6 Å². The number of amides is 2. The summed E-state index contributed by atoms with van der Waals surface area (Å²) < 4.78 is 0. The Morgan fingerprint density at radius 3 is 2.45 bits per heavy atom. The van der Waals surface area contributed by atoms with Crippen LogP contribution in [0.25, 0.3) is 0 Å². The first-order valence-corrected chi connectivity index (χ1v) is 7.88. The first-order valence-electron chi connectivity index (χ1n) is 7.88. The number of hydrogen-bond donors (Lipinski definition) is 2. The smallest absolute Gasteiger partial charge is 0.319 e. The van der Waals surface area contributed by atoms with E-state index in [1.807, 2.05) is 37.3 Å². The second-order valence-electron chi connectivity index (χ2n) is 5.99. The highest BCUT2D eigenvalue weighted by Crippen LogP contribution is 2.45. The van der Waals surface area contributed by atoms with Gasteiger partial charge in [0.05, 0.1) is 5.54 Å². The molecule has 2 aromatic carbocycles. The van der Waals surface area contributed by atoms with Gasteiger partial charge in [-0.15, -0.1) is 0 Å². The Hall–Kier alpha value is -2.29. The van der Waals surface area contributed by atoms with Crippen LogP contribution in [0.3, 0.4) is 0 Å². The molecule has 2 aromatic rings. The Morgan fingerprint density at radius 2 is 1.82 bits per heavy atom. The standard InChI is InChI=1S/C19H22N2O/c1-3-15-9-7-8-14(2)17(15)20-18(22)21-19(12-13-19)16-10-5-4-6-11-16/h4-11H,3,12-13H2,1-2H3,(H2,20,21,22). The summed E-state index contributed by atoms with van der Waals surface area (Å²) in [4.78, 5) is 12.4. The van der Waals surface area contributed by atoms with Gasteiger partial charge in [-0.2, -0.15) is 0 Å². The third-order valence-electron chi connectivity index (χ3n) is 4.41. The van der Waals surface area contributed by atoms with Gasteiger partial charge in [0.1, 0.15) is 0 Å². The number of aryl methyl sites for hydroxylation is 2. The van der Waals surface area contributed by atoms with Crippen molar-refractivity contribution >= 4 is 11.7 Å². The first kappa shape index (κ1) is 14.6. The van der Waals surface area contributed by atoms with E-state index in [9.17, 15) is 4.79 Å². The van der Waals surface area contributed by atoms with Crippen molar-refractivity contribution in [3.63, 3.8) is 0 Å². The Bertz CT molecular complexity index is 675. The molecule has 0 aromatic heterocycles. The van der Waals surface area contributed by atoms with Crippen molar-refractivity contribution in [2.75, 3.05) is 5.32 Å². The molecule has 0 atom stereocenters. The van der Waals surface area contributed by atoms with Crippen LogP contribution in [0.15, 0.2) is 48.5 Å². The maximum absolute atomic E-state index is 12.4. The number of rotatable bonds is 4. The second-order valence-corrected chi connectivity index (χ2v) is 5.99. The van der Waals surface area contributed by atoms with Crippen LogP contribution in [0.4, 0.5) is 10.5 Å². The molecule has 0 radical (unpaired) electrons. The van der Waals surface area contributed by atoms with E-state index in [2.05, 4.69) is 35.8 Å². The van der Waals surface area contributed by atoms with Gasteiger partial charge in [0, 0.05) is 5.69 Å². The van der Waals surface area contributed by atoms with Crippen LogP contribution in [0.1, 0.15) is 36.5 Å². The van der Waals surface area contributed by atoms with Crippen molar-refractivity contribution in [1.29, 1.82) is 0 Å². The molecule has 0 heterocycles. The molecule has 0 aliphatic heterocycles. The number of anilines is 1. The SMILES string of the molecule is CCc1cccc(C)c1NC(=O)NC1(c2ccccc2)CC1. The fourth-order valence-corrected chi connectivity index (χ4v) is 2.93. The molecule has 3 heteroatoms. The first-order chi connectivity index (χ1) is 10.6. The van der Waals surface area contributed by atoms with Crippen molar-refractivity contribution in [3.8, 4) is 0 Å². The largest absolute Gasteiger partial charge is 0.328 e. The van der Waals surface area contributed by atoms with Gasteiger partial charge in [-0.05, 0) is 42.9 Å². The lowest BCUT2D eigenvalue weighted by Gasteiger charge is -2.20. The summed E-state index contributed by atoms with van der Waals surface area (Å²) in [6, 6.07) is 16.2. The highest BCUT2D eigenvalue weighted by molar-refractivity contribution is 5.92. The summed E-state index contributed by atoms with van der Waals surface area (Å²) in [6.45, 7) is 4.13. The molecule has 3 rings (SSSR count). The van der Waals surface area contributed by atoms with E-state index in [1.54, 1.807) is 0 Å². The molecule has 3 nitrogen and oxygen atoms in total. The maximum atomic E-state index is 12.4. The monoisotopic (exact) mass is 294 g/mol. The third kappa shape index (κ3) is 2.84. The lowest BCUT2D eigenvalue weighted by Crippen LogP contribution is -2.38. The average Bonchev–Trinajstić information content (AvgIpc) is 3.31. The van der Waals surface area contributed by atoms with Crippen LogP contribution in [0.2, 0.25) is 0 Å². The minimum atomic E-state index is -0.180. The minimum Gasteiger partial charge on any atom is -0.328 e. The lowest BCUT2D eigenvalue weighted by atomic mass is 10.0. The molecule has 0 unspecified atom stereocenters. The van der Waals surface area contributed by atoms with E-state index >= 15 is 0 Å². The summed E-state index contributed by atoms with van der Waals surface area (Å²) in [5.74, 6) is 0. The van der Waals surface area contributed by atoms with Crippen molar-refractivity contribution < 1.29 is 4.79 Å². The number of para-hydroxylation sites is 1. The minimum absolute atomic E-state index is 0.120. The third-order valence-corrected chi connectivity index (χ3v) is 4.41. The summed E-state index contributed by atoms with van der Waals surface area (Å²) in [5, 5.41) is 6.21. The van der Waals surface area contributed by atoms with Crippen LogP contribution >= 0.6 is 0 Å². The van der Waals surface area contributed by atoms with E-state index in [1.165, 1.54) is 11.1 Å². The normalized spacial score (nSPS) is 15.2. The molecule has 1 saturated carbocycles. The van der Waals surface area contributed by atoms with Crippen LogP contribution in [-0.4, -0.2) is 6.03 Å².